The lowest BCUT2D eigenvalue weighted by Gasteiger charge is -2.23. The van der Waals surface area contributed by atoms with Gasteiger partial charge in [0, 0.05) is 26.2 Å². The quantitative estimate of drug-likeness (QED) is 0.906. The second-order valence-corrected chi connectivity index (χ2v) is 5.59. The third kappa shape index (κ3) is 2.63. The van der Waals surface area contributed by atoms with Gasteiger partial charge in [-0.15, -0.1) is 0 Å². The van der Waals surface area contributed by atoms with Gasteiger partial charge in [-0.3, -0.25) is 9.69 Å². The maximum Gasteiger partial charge on any atom is 0.272 e. The normalized spacial score (nSPS) is 23.2. The Morgan fingerprint density at radius 1 is 1.30 bits per heavy atom. The van der Waals surface area contributed by atoms with Crippen LogP contribution in [0.4, 0.5) is 5.82 Å². The summed E-state index contributed by atoms with van der Waals surface area (Å²) in [6.45, 7) is 4.09. The molecule has 5 nitrogen and oxygen atoms in total. The first-order valence-corrected chi connectivity index (χ1v) is 7.46. The van der Waals surface area contributed by atoms with Crippen molar-refractivity contribution < 1.29 is 4.79 Å². The third-order valence-corrected chi connectivity index (χ3v) is 4.33. The van der Waals surface area contributed by atoms with Crippen molar-refractivity contribution in [1.82, 2.24) is 14.8 Å². The average molecular weight is 274 g/mol. The van der Waals surface area contributed by atoms with Crippen molar-refractivity contribution in [3.05, 3.63) is 23.9 Å². The Hall–Kier alpha value is -1.62. The monoisotopic (exact) mass is 274 g/mol. The van der Waals surface area contributed by atoms with Crippen molar-refractivity contribution in [3.8, 4) is 0 Å². The molecule has 0 aromatic carbocycles. The number of anilines is 1. The molecule has 1 N–H and O–H groups in total. The van der Waals surface area contributed by atoms with Crippen LogP contribution in [0.1, 0.15) is 29.8 Å². The highest BCUT2D eigenvalue weighted by molar-refractivity contribution is 5.92. The molecule has 0 radical (unpaired) electrons. The van der Waals surface area contributed by atoms with Crippen LogP contribution in [0.25, 0.3) is 0 Å². The maximum atomic E-state index is 12.5. The van der Waals surface area contributed by atoms with Gasteiger partial charge < -0.3 is 10.2 Å². The zero-order chi connectivity index (χ0) is 13.9. The van der Waals surface area contributed by atoms with Crippen LogP contribution < -0.4 is 5.32 Å². The van der Waals surface area contributed by atoms with Crippen LogP contribution in [0.3, 0.4) is 0 Å². The molecule has 3 rings (SSSR count). The molecule has 108 valence electrons. The number of carbonyl (C=O) groups excluding carboxylic acids is 1. The van der Waals surface area contributed by atoms with E-state index in [0.717, 1.165) is 25.3 Å². The summed E-state index contributed by atoms with van der Waals surface area (Å²) in [7, 11) is 1.82. The number of aromatic nitrogens is 1. The molecule has 0 aliphatic carbocycles. The third-order valence-electron chi connectivity index (χ3n) is 4.33. The molecule has 1 aromatic heterocycles. The Morgan fingerprint density at radius 2 is 2.10 bits per heavy atom. The molecular formula is C15H22N4O. The van der Waals surface area contributed by atoms with E-state index in [1.165, 1.54) is 25.9 Å². The minimum Gasteiger partial charge on any atom is -0.373 e. The van der Waals surface area contributed by atoms with E-state index in [9.17, 15) is 4.79 Å². The maximum absolute atomic E-state index is 12.5. The first-order chi connectivity index (χ1) is 9.78. The number of carbonyl (C=O) groups is 1. The Labute approximate surface area is 120 Å². The van der Waals surface area contributed by atoms with Crippen LogP contribution in [0, 0.1) is 0 Å². The molecule has 1 unspecified atom stereocenters. The summed E-state index contributed by atoms with van der Waals surface area (Å²) in [6.07, 6.45) is 3.70. The van der Waals surface area contributed by atoms with Gasteiger partial charge in [0.1, 0.15) is 11.5 Å². The molecule has 0 saturated carbocycles. The van der Waals surface area contributed by atoms with Gasteiger partial charge in [0.15, 0.2) is 0 Å². The molecule has 1 atom stereocenters. The van der Waals surface area contributed by atoms with Gasteiger partial charge in [-0.1, -0.05) is 6.07 Å². The van der Waals surface area contributed by atoms with Gasteiger partial charge in [0.2, 0.25) is 0 Å². The smallest absolute Gasteiger partial charge is 0.272 e. The Balaban J connectivity index is 1.65. The summed E-state index contributed by atoms with van der Waals surface area (Å²) in [5.41, 5.74) is 0.541. The van der Waals surface area contributed by atoms with Crippen LogP contribution in [0.2, 0.25) is 0 Å². The molecular weight excluding hydrogens is 252 g/mol. The van der Waals surface area contributed by atoms with E-state index in [2.05, 4.69) is 15.2 Å². The molecule has 2 aliphatic rings. The fourth-order valence-electron chi connectivity index (χ4n) is 3.19. The second-order valence-electron chi connectivity index (χ2n) is 5.59. The molecule has 0 spiro atoms. The average Bonchev–Trinajstić information content (AvgIpc) is 3.17. The lowest BCUT2D eigenvalue weighted by Crippen LogP contribution is -2.37. The number of pyridine rings is 1. The fraction of sp³-hybridized carbons (Fsp3) is 0.600. The number of nitrogens with zero attached hydrogens (tertiary/aromatic N) is 3. The highest BCUT2D eigenvalue weighted by Crippen LogP contribution is 2.21. The SMILES string of the molecule is CNc1cccc(C(=O)N2CCC(N3CCCC3)C2)n1. The highest BCUT2D eigenvalue weighted by atomic mass is 16.2. The molecule has 2 aliphatic heterocycles. The van der Waals surface area contributed by atoms with Gasteiger partial charge in [-0.2, -0.15) is 0 Å². The van der Waals surface area contributed by atoms with E-state index >= 15 is 0 Å². The van der Waals surface area contributed by atoms with Crippen molar-refractivity contribution in [2.75, 3.05) is 38.5 Å². The van der Waals surface area contributed by atoms with Crippen LogP contribution in [0.5, 0.6) is 0 Å². The molecule has 5 heteroatoms. The fourth-order valence-corrected chi connectivity index (χ4v) is 3.19. The largest absolute Gasteiger partial charge is 0.373 e. The van der Waals surface area contributed by atoms with Crippen molar-refractivity contribution in [3.63, 3.8) is 0 Å². The number of nitrogens with one attached hydrogen (secondary N) is 1. The number of hydrogen-bond acceptors (Lipinski definition) is 4. The van der Waals surface area contributed by atoms with E-state index in [1.54, 1.807) is 6.07 Å². The minimum atomic E-state index is 0.0591. The van der Waals surface area contributed by atoms with Crippen LogP contribution in [-0.4, -0.2) is 60.0 Å². The van der Waals surface area contributed by atoms with Gasteiger partial charge in [0.05, 0.1) is 0 Å². The number of hydrogen-bond donors (Lipinski definition) is 1. The van der Waals surface area contributed by atoms with Gasteiger partial charge in [0.25, 0.3) is 5.91 Å². The predicted molar refractivity (Wildman–Crippen MR) is 78.9 cm³/mol. The topological polar surface area (TPSA) is 48.5 Å². The van der Waals surface area contributed by atoms with E-state index in [0.29, 0.717) is 11.7 Å². The van der Waals surface area contributed by atoms with E-state index in [1.807, 2.05) is 24.1 Å². The second kappa shape index (κ2) is 5.79. The molecule has 3 heterocycles. The Bertz CT molecular complexity index is 485. The van der Waals surface area contributed by atoms with Gasteiger partial charge >= 0.3 is 0 Å². The lowest BCUT2D eigenvalue weighted by atomic mass is 10.2. The van der Waals surface area contributed by atoms with Crippen molar-refractivity contribution in [1.29, 1.82) is 0 Å². The lowest BCUT2D eigenvalue weighted by molar-refractivity contribution is 0.0774. The predicted octanol–water partition coefficient (Wildman–Crippen LogP) is 1.43. The summed E-state index contributed by atoms with van der Waals surface area (Å²) in [5.74, 6) is 0.801. The van der Waals surface area contributed by atoms with Crippen molar-refractivity contribution >= 4 is 11.7 Å². The van der Waals surface area contributed by atoms with E-state index in [-0.39, 0.29) is 5.91 Å². The summed E-state index contributed by atoms with van der Waals surface area (Å²) < 4.78 is 0. The molecule has 20 heavy (non-hydrogen) atoms. The first kappa shape index (κ1) is 13.4. The van der Waals surface area contributed by atoms with E-state index in [4.69, 9.17) is 0 Å². The first-order valence-electron chi connectivity index (χ1n) is 7.46. The standard InChI is InChI=1S/C15H22N4O/c1-16-14-6-4-5-13(17-14)15(20)19-10-7-12(11-19)18-8-2-3-9-18/h4-6,12H,2-3,7-11H2,1H3,(H,16,17). The summed E-state index contributed by atoms with van der Waals surface area (Å²) in [4.78, 5) is 21.3. The summed E-state index contributed by atoms with van der Waals surface area (Å²) >= 11 is 0. The zero-order valence-corrected chi connectivity index (χ0v) is 12.0. The molecule has 1 aromatic rings. The number of rotatable bonds is 3. The highest BCUT2D eigenvalue weighted by Gasteiger charge is 2.32. The minimum absolute atomic E-state index is 0.0591. The number of likely N-dealkylation sites (tertiary alicyclic amines) is 2. The van der Waals surface area contributed by atoms with Gasteiger partial charge in [-0.25, -0.2) is 4.98 Å². The summed E-state index contributed by atoms with van der Waals surface area (Å²) in [6, 6.07) is 6.09. The van der Waals surface area contributed by atoms with Crippen molar-refractivity contribution in [2.24, 2.45) is 0 Å². The Kier molecular flexibility index (Phi) is 3.87. The molecule has 2 fully saturated rings. The molecule has 2 saturated heterocycles. The van der Waals surface area contributed by atoms with Crippen molar-refractivity contribution in [2.45, 2.75) is 25.3 Å². The molecule has 0 bridgehead atoms. The molecule has 1 amide bonds. The zero-order valence-electron chi connectivity index (χ0n) is 12.0. The van der Waals surface area contributed by atoms with Crippen LogP contribution in [0.15, 0.2) is 18.2 Å². The summed E-state index contributed by atoms with van der Waals surface area (Å²) in [5, 5.41) is 2.98. The number of amides is 1. The Morgan fingerprint density at radius 3 is 2.85 bits per heavy atom. The van der Waals surface area contributed by atoms with Gasteiger partial charge in [-0.05, 0) is 44.5 Å². The van der Waals surface area contributed by atoms with Crippen LogP contribution >= 0.6 is 0 Å². The van der Waals surface area contributed by atoms with E-state index < -0.39 is 0 Å². The van der Waals surface area contributed by atoms with Crippen LogP contribution in [-0.2, 0) is 0 Å².